The molecule has 3 rings (SSSR count). The monoisotopic (exact) mass is 364 g/mol. The SMILES string of the molecule is CN(Cc1cccs1)Cc1ccc(CNC2CC2)cc1Br. The lowest BCUT2D eigenvalue weighted by atomic mass is 10.1. The van der Waals surface area contributed by atoms with Crippen molar-refractivity contribution in [2.75, 3.05) is 7.05 Å². The lowest BCUT2D eigenvalue weighted by molar-refractivity contribution is 0.321. The molecular formula is C17H21BrN2S. The van der Waals surface area contributed by atoms with E-state index in [0.717, 1.165) is 25.7 Å². The smallest absolute Gasteiger partial charge is 0.0328 e. The van der Waals surface area contributed by atoms with E-state index >= 15 is 0 Å². The number of thiophene rings is 1. The van der Waals surface area contributed by atoms with Gasteiger partial charge in [0.25, 0.3) is 0 Å². The molecule has 0 unspecified atom stereocenters. The first kappa shape index (κ1) is 15.2. The summed E-state index contributed by atoms with van der Waals surface area (Å²) in [7, 11) is 2.18. The minimum atomic E-state index is 0.764. The molecule has 2 nitrogen and oxygen atoms in total. The maximum absolute atomic E-state index is 3.72. The molecule has 1 saturated carbocycles. The second-order valence-electron chi connectivity index (χ2n) is 5.83. The van der Waals surface area contributed by atoms with Crippen LogP contribution in [0.15, 0.2) is 40.2 Å². The van der Waals surface area contributed by atoms with E-state index in [1.165, 1.54) is 33.3 Å². The van der Waals surface area contributed by atoms with Gasteiger partial charge in [0.15, 0.2) is 0 Å². The molecule has 112 valence electrons. The fourth-order valence-electron chi connectivity index (χ4n) is 2.39. The Kier molecular flexibility index (Phi) is 5.11. The summed E-state index contributed by atoms with van der Waals surface area (Å²) in [5, 5.41) is 5.70. The maximum Gasteiger partial charge on any atom is 0.0328 e. The number of hydrogen-bond donors (Lipinski definition) is 1. The molecule has 1 aliphatic carbocycles. The Hall–Kier alpha value is -0.680. The highest BCUT2D eigenvalue weighted by atomic mass is 79.9. The first-order valence-electron chi connectivity index (χ1n) is 7.42. The van der Waals surface area contributed by atoms with Crippen molar-refractivity contribution in [1.82, 2.24) is 10.2 Å². The second kappa shape index (κ2) is 7.05. The van der Waals surface area contributed by atoms with E-state index in [1.807, 2.05) is 11.3 Å². The molecule has 21 heavy (non-hydrogen) atoms. The zero-order valence-electron chi connectivity index (χ0n) is 12.3. The zero-order chi connectivity index (χ0) is 14.7. The van der Waals surface area contributed by atoms with Crippen molar-refractivity contribution < 1.29 is 0 Å². The van der Waals surface area contributed by atoms with Crippen molar-refractivity contribution in [2.45, 2.75) is 38.5 Å². The van der Waals surface area contributed by atoms with Crippen LogP contribution in [-0.2, 0) is 19.6 Å². The third-order valence-electron chi connectivity index (χ3n) is 3.74. The molecule has 0 atom stereocenters. The van der Waals surface area contributed by atoms with Gasteiger partial charge in [-0.05, 0) is 48.5 Å². The van der Waals surface area contributed by atoms with Crippen molar-refractivity contribution in [2.24, 2.45) is 0 Å². The van der Waals surface area contributed by atoms with Gasteiger partial charge in [0, 0.05) is 35.0 Å². The Balaban J connectivity index is 1.56. The minimum Gasteiger partial charge on any atom is -0.310 e. The number of benzene rings is 1. The van der Waals surface area contributed by atoms with Crippen molar-refractivity contribution in [3.8, 4) is 0 Å². The molecule has 0 amide bonds. The van der Waals surface area contributed by atoms with Crippen LogP contribution in [-0.4, -0.2) is 18.0 Å². The van der Waals surface area contributed by atoms with Crippen LogP contribution in [0.1, 0.15) is 28.8 Å². The molecule has 1 aliphatic rings. The number of nitrogens with one attached hydrogen (secondary N) is 1. The molecule has 2 aromatic rings. The average Bonchev–Trinajstić information content (AvgIpc) is 3.16. The predicted molar refractivity (Wildman–Crippen MR) is 93.5 cm³/mol. The summed E-state index contributed by atoms with van der Waals surface area (Å²) < 4.78 is 1.22. The Labute approximate surface area is 139 Å². The molecule has 0 radical (unpaired) electrons. The Morgan fingerprint density at radius 3 is 2.81 bits per heavy atom. The van der Waals surface area contributed by atoms with Crippen LogP contribution in [0.3, 0.4) is 0 Å². The van der Waals surface area contributed by atoms with Crippen molar-refractivity contribution in [3.63, 3.8) is 0 Å². The summed E-state index contributed by atoms with van der Waals surface area (Å²) in [5.74, 6) is 0. The van der Waals surface area contributed by atoms with E-state index < -0.39 is 0 Å². The van der Waals surface area contributed by atoms with Crippen LogP contribution in [0, 0.1) is 0 Å². The number of nitrogens with zero attached hydrogens (tertiary/aromatic N) is 1. The van der Waals surface area contributed by atoms with Crippen LogP contribution in [0.25, 0.3) is 0 Å². The number of halogens is 1. The molecule has 1 N–H and O–H groups in total. The molecule has 1 heterocycles. The fraction of sp³-hybridized carbons (Fsp3) is 0.412. The Morgan fingerprint density at radius 2 is 2.14 bits per heavy atom. The standard InChI is InChI=1S/C17H21BrN2S/c1-20(12-16-3-2-8-21-16)11-14-5-4-13(9-17(14)18)10-19-15-6-7-15/h2-5,8-9,15,19H,6-7,10-12H2,1H3. The molecule has 1 fully saturated rings. The highest BCUT2D eigenvalue weighted by Crippen LogP contribution is 2.23. The van der Waals surface area contributed by atoms with Gasteiger partial charge < -0.3 is 5.32 Å². The molecular weight excluding hydrogens is 344 g/mol. The van der Waals surface area contributed by atoms with E-state index in [1.54, 1.807) is 0 Å². The topological polar surface area (TPSA) is 15.3 Å². The van der Waals surface area contributed by atoms with Gasteiger partial charge in [0.1, 0.15) is 0 Å². The van der Waals surface area contributed by atoms with Crippen molar-refractivity contribution in [3.05, 3.63) is 56.2 Å². The van der Waals surface area contributed by atoms with Gasteiger partial charge in [-0.15, -0.1) is 11.3 Å². The number of rotatable bonds is 7. The maximum atomic E-state index is 3.72. The van der Waals surface area contributed by atoms with Crippen LogP contribution in [0.5, 0.6) is 0 Å². The summed E-state index contributed by atoms with van der Waals surface area (Å²) >= 11 is 5.55. The van der Waals surface area contributed by atoms with Gasteiger partial charge in [-0.3, -0.25) is 4.90 Å². The van der Waals surface area contributed by atoms with Crippen LogP contribution in [0.2, 0.25) is 0 Å². The van der Waals surface area contributed by atoms with Crippen molar-refractivity contribution >= 4 is 27.3 Å². The van der Waals surface area contributed by atoms with Gasteiger partial charge in [0.05, 0.1) is 0 Å². The summed E-state index contributed by atoms with van der Waals surface area (Å²) in [4.78, 5) is 3.77. The fourth-order valence-corrected chi connectivity index (χ4v) is 3.73. The first-order chi connectivity index (χ1) is 10.2. The van der Waals surface area contributed by atoms with E-state index in [-0.39, 0.29) is 0 Å². The van der Waals surface area contributed by atoms with Crippen LogP contribution >= 0.6 is 27.3 Å². The summed E-state index contributed by atoms with van der Waals surface area (Å²) in [6.07, 6.45) is 2.68. The van der Waals surface area contributed by atoms with Gasteiger partial charge in [-0.1, -0.05) is 34.1 Å². The highest BCUT2D eigenvalue weighted by Gasteiger charge is 2.20. The van der Waals surface area contributed by atoms with Gasteiger partial charge in [-0.25, -0.2) is 0 Å². The zero-order valence-corrected chi connectivity index (χ0v) is 14.7. The quantitative estimate of drug-likeness (QED) is 0.783. The first-order valence-corrected chi connectivity index (χ1v) is 9.09. The van der Waals surface area contributed by atoms with Crippen LogP contribution < -0.4 is 5.32 Å². The van der Waals surface area contributed by atoms with Gasteiger partial charge in [-0.2, -0.15) is 0 Å². The minimum absolute atomic E-state index is 0.764. The number of hydrogen-bond acceptors (Lipinski definition) is 3. The van der Waals surface area contributed by atoms with E-state index in [0.29, 0.717) is 0 Å². The largest absolute Gasteiger partial charge is 0.310 e. The third-order valence-corrected chi connectivity index (χ3v) is 5.34. The molecule has 0 spiro atoms. The van der Waals surface area contributed by atoms with Crippen molar-refractivity contribution in [1.29, 1.82) is 0 Å². The summed E-state index contributed by atoms with van der Waals surface area (Å²) in [6.45, 7) is 2.96. The average molecular weight is 365 g/mol. The molecule has 1 aromatic heterocycles. The Morgan fingerprint density at radius 1 is 1.29 bits per heavy atom. The van der Waals surface area contributed by atoms with Crippen LogP contribution in [0.4, 0.5) is 0 Å². The van der Waals surface area contributed by atoms with Gasteiger partial charge >= 0.3 is 0 Å². The summed E-state index contributed by atoms with van der Waals surface area (Å²) in [5.41, 5.74) is 2.71. The normalized spacial score (nSPS) is 14.8. The lowest BCUT2D eigenvalue weighted by Gasteiger charge is -2.17. The van der Waals surface area contributed by atoms with E-state index in [9.17, 15) is 0 Å². The predicted octanol–water partition coefficient (Wildman–Crippen LogP) is 4.39. The third kappa shape index (κ3) is 4.65. The van der Waals surface area contributed by atoms with E-state index in [2.05, 4.69) is 68.9 Å². The summed E-state index contributed by atoms with van der Waals surface area (Å²) in [6, 6.07) is 11.8. The molecule has 0 bridgehead atoms. The molecule has 4 heteroatoms. The second-order valence-corrected chi connectivity index (χ2v) is 7.72. The van der Waals surface area contributed by atoms with E-state index in [4.69, 9.17) is 0 Å². The Bertz CT molecular complexity index is 578. The highest BCUT2D eigenvalue weighted by molar-refractivity contribution is 9.10. The molecule has 1 aromatic carbocycles. The lowest BCUT2D eigenvalue weighted by Crippen LogP contribution is -2.17. The van der Waals surface area contributed by atoms with Gasteiger partial charge in [0.2, 0.25) is 0 Å². The molecule has 0 saturated heterocycles. The molecule has 0 aliphatic heterocycles.